The predicted molar refractivity (Wildman–Crippen MR) is 248 cm³/mol. The van der Waals surface area contributed by atoms with Gasteiger partial charge in [-0.1, -0.05) is 200 Å². The molecule has 0 bridgehead atoms. The van der Waals surface area contributed by atoms with Crippen molar-refractivity contribution in [1.82, 2.24) is 5.32 Å². The number of carbonyl (C=O) groups is 4. The zero-order valence-corrected chi connectivity index (χ0v) is 40.0. The van der Waals surface area contributed by atoms with Gasteiger partial charge in [0.2, 0.25) is 5.91 Å². The standard InChI is InChI=1S/C51H95NO9/c1-50(2)43-60-51(3,4)61-48(50)49(58)52-41-40-47(57)59-42-44(37-33-29-25-21-17-13-9-7-11-15-19-23-27-31-35-39-46(55)56)36-32-28-24-20-16-12-8-5-6-10-14-18-22-26-30-34-38-45(53)54/h44,48H,5-43H2,1-4H3,(H,52,58)(H,53,54)(H,55,56)/t44?,48-/m0/s1. The van der Waals surface area contributed by atoms with E-state index in [0.29, 0.717) is 32.0 Å². The van der Waals surface area contributed by atoms with Gasteiger partial charge in [0, 0.05) is 24.8 Å². The van der Waals surface area contributed by atoms with Gasteiger partial charge < -0.3 is 29.7 Å². The first-order valence-electron chi connectivity index (χ1n) is 25.5. The van der Waals surface area contributed by atoms with Crippen molar-refractivity contribution >= 4 is 23.8 Å². The first-order valence-corrected chi connectivity index (χ1v) is 25.5. The summed E-state index contributed by atoms with van der Waals surface area (Å²) in [5, 5.41) is 20.3. The van der Waals surface area contributed by atoms with E-state index < -0.39 is 29.2 Å². The van der Waals surface area contributed by atoms with Crippen LogP contribution in [0.15, 0.2) is 0 Å². The lowest BCUT2D eigenvalue weighted by molar-refractivity contribution is -0.304. The SMILES string of the molecule is CC1(C)OCC(C)(C)[C@H](C(=O)NCCC(=O)OCC(CCCCCCCCCCCCCCCCCCC(=O)O)CCCCCCCCCCCCCCCCCC(=O)O)O1. The summed E-state index contributed by atoms with van der Waals surface area (Å²) >= 11 is 0. The fourth-order valence-electron chi connectivity index (χ4n) is 8.49. The third-order valence-electron chi connectivity index (χ3n) is 12.5. The largest absolute Gasteiger partial charge is 0.481 e. The summed E-state index contributed by atoms with van der Waals surface area (Å²) in [6.07, 6.45) is 40.6. The van der Waals surface area contributed by atoms with Crippen molar-refractivity contribution in [2.24, 2.45) is 11.3 Å². The number of unbranched alkanes of at least 4 members (excludes halogenated alkanes) is 29. The third kappa shape index (κ3) is 34.9. The Bertz CT molecular complexity index is 1110. The highest BCUT2D eigenvalue weighted by molar-refractivity contribution is 5.82. The number of nitrogens with one attached hydrogen (secondary N) is 1. The molecule has 0 aromatic heterocycles. The van der Waals surface area contributed by atoms with Crippen LogP contribution in [0.4, 0.5) is 0 Å². The highest BCUT2D eigenvalue weighted by Gasteiger charge is 2.45. The number of amides is 1. The fourth-order valence-corrected chi connectivity index (χ4v) is 8.49. The van der Waals surface area contributed by atoms with E-state index in [2.05, 4.69) is 5.32 Å². The molecule has 1 saturated heterocycles. The molecule has 0 spiro atoms. The smallest absolute Gasteiger partial charge is 0.307 e. The third-order valence-corrected chi connectivity index (χ3v) is 12.5. The predicted octanol–water partition coefficient (Wildman–Crippen LogP) is 13.7. The van der Waals surface area contributed by atoms with Crippen LogP contribution < -0.4 is 5.32 Å². The Morgan fingerprint density at radius 1 is 0.525 bits per heavy atom. The highest BCUT2D eigenvalue weighted by Crippen LogP contribution is 2.35. The Balaban J connectivity index is 2.25. The zero-order valence-electron chi connectivity index (χ0n) is 40.0. The Morgan fingerprint density at radius 3 is 1.20 bits per heavy atom. The van der Waals surface area contributed by atoms with Crippen molar-refractivity contribution in [1.29, 1.82) is 0 Å². The second kappa shape index (κ2) is 37.2. The molecule has 10 heteroatoms. The highest BCUT2D eigenvalue weighted by atomic mass is 16.7. The lowest BCUT2D eigenvalue weighted by Gasteiger charge is -2.44. The van der Waals surface area contributed by atoms with Gasteiger partial charge in [-0.05, 0) is 45.4 Å². The minimum Gasteiger partial charge on any atom is -0.481 e. The molecule has 2 atom stereocenters. The lowest BCUT2D eigenvalue weighted by atomic mass is 9.85. The molecule has 1 aliphatic heterocycles. The zero-order chi connectivity index (χ0) is 44.9. The Morgan fingerprint density at radius 2 is 0.852 bits per heavy atom. The number of carboxylic acid groups (broad SMARTS) is 2. The molecule has 10 nitrogen and oxygen atoms in total. The van der Waals surface area contributed by atoms with Crippen LogP contribution in [-0.2, 0) is 33.4 Å². The fraction of sp³-hybridized carbons (Fsp3) is 0.922. The first kappa shape index (κ1) is 56.8. The van der Waals surface area contributed by atoms with E-state index >= 15 is 0 Å². The number of ether oxygens (including phenoxy) is 3. The Hall–Kier alpha value is -2.20. The summed E-state index contributed by atoms with van der Waals surface area (Å²) in [4.78, 5) is 46.9. The van der Waals surface area contributed by atoms with Crippen molar-refractivity contribution in [2.75, 3.05) is 19.8 Å². The van der Waals surface area contributed by atoms with Gasteiger partial charge >= 0.3 is 17.9 Å². The van der Waals surface area contributed by atoms with Gasteiger partial charge in [-0.15, -0.1) is 0 Å². The maximum atomic E-state index is 13.0. The lowest BCUT2D eigenvalue weighted by Crippen LogP contribution is -2.56. The van der Waals surface area contributed by atoms with Crippen molar-refractivity contribution in [2.45, 2.75) is 271 Å². The molecule has 1 amide bonds. The van der Waals surface area contributed by atoms with Crippen LogP contribution in [0.5, 0.6) is 0 Å². The minimum absolute atomic E-state index is 0.152. The first-order chi connectivity index (χ1) is 29.3. The summed E-state index contributed by atoms with van der Waals surface area (Å²) < 4.78 is 17.5. The number of carbonyl (C=O) groups excluding carboxylic acids is 2. The van der Waals surface area contributed by atoms with Crippen LogP contribution in [0.1, 0.15) is 259 Å². The molecule has 1 heterocycles. The number of esters is 1. The minimum atomic E-state index is -0.823. The maximum Gasteiger partial charge on any atom is 0.307 e. The normalized spacial score (nSPS) is 16.3. The molecule has 358 valence electrons. The summed E-state index contributed by atoms with van der Waals surface area (Å²) in [6, 6.07) is 0. The van der Waals surface area contributed by atoms with E-state index in [1.165, 1.54) is 167 Å². The van der Waals surface area contributed by atoms with Crippen molar-refractivity contribution in [3.63, 3.8) is 0 Å². The van der Waals surface area contributed by atoms with Gasteiger partial charge in [-0.3, -0.25) is 19.2 Å². The average Bonchev–Trinajstić information content (AvgIpc) is 3.20. The van der Waals surface area contributed by atoms with Crippen molar-refractivity contribution < 1.29 is 43.6 Å². The molecule has 0 radical (unpaired) electrons. The molecule has 3 N–H and O–H groups in total. The molecular weight excluding hydrogens is 771 g/mol. The quantitative estimate of drug-likeness (QED) is 0.0402. The second-order valence-corrected chi connectivity index (χ2v) is 19.6. The van der Waals surface area contributed by atoms with Crippen molar-refractivity contribution in [3.05, 3.63) is 0 Å². The maximum absolute atomic E-state index is 13.0. The van der Waals surface area contributed by atoms with Crippen LogP contribution in [0.25, 0.3) is 0 Å². The molecule has 61 heavy (non-hydrogen) atoms. The van der Waals surface area contributed by atoms with Crippen LogP contribution >= 0.6 is 0 Å². The van der Waals surface area contributed by atoms with Crippen LogP contribution in [0.2, 0.25) is 0 Å². The van der Waals surface area contributed by atoms with Gasteiger partial charge in [-0.2, -0.15) is 0 Å². The molecule has 1 aliphatic rings. The van der Waals surface area contributed by atoms with E-state index in [-0.39, 0.29) is 24.8 Å². The van der Waals surface area contributed by atoms with E-state index in [4.69, 9.17) is 24.4 Å². The number of aliphatic carboxylic acids is 2. The molecule has 0 saturated carbocycles. The number of hydrogen-bond donors (Lipinski definition) is 3. The molecule has 1 unspecified atom stereocenters. The summed E-state index contributed by atoms with van der Waals surface area (Å²) in [5.74, 6) is -2.26. The second-order valence-electron chi connectivity index (χ2n) is 19.6. The number of carboxylic acids is 2. The number of hydrogen-bond acceptors (Lipinski definition) is 7. The van der Waals surface area contributed by atoms with E-state index in [0.717, 1.165) is 44.9 Å². The summed E-state index contributed by atoms with van der Waals surface area (Å²) in [6.45, 7) is 8.66. The van der Waals surface area contributed by atoms with E-state index in [9.17, 15) is 19.2 Å². The Kier molecular flexibility index (Phi) is 34.7. The monoisotopic (exact) mass is 866 g/mol. The molecule has 0 aliphatic carbocycles. The molecule has 1 fully saturated rings. The Labute approximate surface area is 373 Å². The summed E-state index contributed by atoms with van der Waals surface area (Å²) in [5.41, 5.74) is -0.461. The van der Waals surface area contributed by atoms with E-state index in [1.807, 2.05) is 27.7 Å². The van der Waals surface area contributed by atoms with Crippen LogP contribution in [0.3, 0.4) is 0 Å². The molecule has 0 aromatic rings. The molecule has 0 aromatic carbocycles. The summed E-state index contributed by atoms with van der Waals surface area (Å²) in [7, 11) is 0. The van der Waals surface area contributed by atoms with Gasteiger partial charge in [0.05, 0.1) is 19.6 Å². The van der Waals surface area contributed by atoms with Gasteiger partial charge in [-0.25, -0.2) is 0 Å². The van der Waals surface area contributed by atoms with Gasteiger partial charge in [0.25, 0.3) is 0 Å². The van der Waals surface area contributed by atoms with E-state index in [1.54, 1.807) is 0 Å². The molecular formula is C51H95NO9. The van der Waals surface area contributed by atoms with Crippen molar-refractivity contribution in [3.8, 4) is 0 Å². The van der Waals surface area contributed by atoms with Gasteiger partial charge in [0.1, 0.15) is 6.10 Å². The average molecular weight is 866 g/mol. The topological polar surface area (TPSA) is 148 Å². The number of rotatable bonds is 43. The van der Waals surface area contributed by atoms with Gasteiger partial charge in [0.15, 0.2) is 5.79 Å². The molecule has 1 rings (SSSR count). The van der Waals surface area contributed by atoms with Crippen LogP contribution in [0, 0.1) is 11.3 Å². The van der Waals surface area contributed by atoms with Crippen LogP contribution in [-0.4, -0.2) is 65.7 Å².